The number of nitrogens with two attached hydrogens (primary N) is 1. The number of hydrogen-bond donors (Lipinski definition) is 2. The summed E-state index contributed by atoms with van der Waals surface area (Å²) in [5.74, 6) is 0.681. The standard InChI is InChI=1S/C9H12ClNOS/c10-8-3-1-2-4-9(8)13-6-7(11)5-12/h1-4,7,12H,5-6,11H2. The lowest BCUT2D eigenvalue weighted by molar-refractivity contribution is 0.275. The summed E-state index contributed by atoms with van der Waals surface area (Å²) in [6.07, 6.45) is 0. The molecular formula is C9H12ClNOS. The predicted octanol–water partition coefficient (Wildman–Crippen LogP) is 1.75. The minimum atomic E-state index is -0.179. The van der Waals surface area contributed by atoms with Crippen molar-refractivity contribution in [2.45, 2.75) is 10.9 Å². The summed E-state index contributed by atoms with van der Waals surface area (Å²) in [6, 6.07) is 7.42. The second-order valence-corrected chi connectivity index (χ2v) is 4.15. The molecule has 4 heteroatoms. The van der Waals surface area contributed by atoms with Gasteiger partial charge in [-0.05, 0) is 12.1 Å². The van der Waals surface area contributed by atoms with E-state index in [0.29, 0.717) is 5.75 Å². The molecule has 0 spiro atoms. The van der Waals surface area contributed by atoms with E-state index in [1.54, 1.807) is 11.8 Å². The minimum absolute atomic E-state index is 0.0114. The molecule has 0 radical (unpaired) electrons. The van der Waals surface area contributed by atoms with Gasteiger partial charge in [0.05, 0.1) is 11.6 Å². The lowest BCUT2D eigenvalue weighted by atomic mass is 10.4. The Labute approximate surface area is 87.1 Å². The van der Waals surface area contributed by atoms with Gasteiger partial charge in [0.25, 0.3) is 0 Å². The zero-order chi connectivity index (χ0) is 9.68. The zero-order valence-corrected chi connectivity index (χ0v) is 8.68. The number of thioether (sulfide) groups is 1. The Bertz CT molecular complexity index is 270. The molecule has 0 amide bonds. The van der Waals surface area contributed by atoms with E-state index in [9.17, 15) is 0 Å². The summed E-state index contributed by atoms with van der Waals surface area (Å²) in [7, 11) is 0. The maximum absolute atomic E-state index is 8.71. The number of benzene rings is 1. The topological polar surface area (TPSA) is 46.2 Å². The SMILES string of the molecule is NC(CO)CSc1ccccc1Cl. The van der Waals surface area contributed by atoms with Crippen LogP contribution in [0.4, 0.5) is 0 Å². The highest BCUT2D eigenvalue weighted by atomic mass is 35.5. The van der Waals surface area contributed by atoms with Gasteiger partial charge in [0.1, 0.15) is 0 Å². The maximum atomic E-state index is 8.71. The molecule has 1 rings (SSSR count). The summed E-state index contributed by atoms with van der Waals surface area (Å²) in [5.41, 5.74) is 5.56. The maximum Gasteiger partial charge on any atom is 0.0590 e. The van der Waals surface area contributed by atoms with Gasteiger partial charge in [-0.3, -0.25) is 0 Å². The van der Waals surface area contributed by atoms with Crippen molar-refractivity contribution in [1.82, 2.24) is 0 Å². The molecule has 0 aliphatic carbocycles. The highest BCUT2D eigenvalue weighted by Gasteiger charge is 2.03. The van der Waals surface area contributed by atoms with Crippen LogP contribution in [0.5, 0.6) is 0 Å². The Morgan fingerprint density at radius 2 is 2.15 bits per heavy atom. The molecule has 0 bridgehead atoms. The largest absolute Gasteiger partial charge is 0.395 e. The van der Waals surface area contributed by atoms with Crippen LogP contribution >= 0.6 is 23.4 Å². The third-order valence-electron chi connectivity index (χ3n) is 1.52. The molecule has 72 valence electrons. The average molecular weight is 218 g/mol. The van der Waals surface area contributed by atoms with E-state index < -0.39 is 0 Å². The van der Waals surface area contributed by atoms with E-state index in [2.05, 4.69) is 0 Å². The molecule has 2 nitrogen and oxygen atoms in total. The fourth-order valence-corrected chi connectivity index (χ4v) is 1.99. The van der Waals surface area contributed by atoms with E-state index in [4.69, 9.17) is 22.4 Å². The number of halogens is 1. The predicted molar refractivity (Wildman–Crippen MR) is 57.2 cm³/mol. The van der Waals surface area contributed by atoms with Crippen LogP contribution in [-0.2, 0) is 0 Å². The third-order valence-corrected chi connectivity index (χ3v) is 3.23. The Balaban J connectivity index is 2.50. The van der Waals surface area contributed by atoms with Crippen LogP contribution < -0.4 is 5.73 Å². The third kappa shape index (κ3) is 3.56. The lowest BCUT2D eigenvalue weighted by Gasteiger charge is -2.07. The Hall–Kier alpha value is -0.220. The normalized spacial score (nSPS) is 12.8. The van der Waals surface area contributed by atoms with Gasteiger partial charge in [0.15, 0.2) is 0 Å². The first kappa shape index (κ1) is 10.9. The monoisotopic (exact) mass is 217 g/mol. The van der Waals surface area contributed by atoms with Gasteiger partial charge in [0.2, 0.25) is 0 Å². The number of aliphatic hydroxyl groups excluding tert-OH is 1. The van der Waals surface area contributed by atoms with Gasteiger partial charge in [-0.1, -0.05) is 23.7 Å². The Morgan fingerprint density at radius 3 is 2.77 bits per heavy atom. The van der Waals surface area contributed by atoms with Gasteiger partial charge in [-0.15, -0.1) is 11.8 Å². The summed E-state index contributed by atoms with van der Waals surface area (Å²) in [5, 5.41) is 9.44. The minimum Gasteiger partial charge on any atom is -0.395 e. The van der Waals surface area contributed by atoms with Crippen LogP contribution in [0.25, 0.3) is 0 Å². The molecule has 0 fully saturated rings. The molecule has 0 aromatic heterocycles. The molecule has 0 saturated carbocycles. The number of aliphatic hydroxyl groups is 1. The first-order chi connectivity index (χ1) is 6.24. The lowest BCUT2D eigenvalue weighted by Crippen LogP contribution is -2.26. The summed E-state index contributed by atoms with van der Waals surface area (Å²) in [4.78, 5) is 1.01. The van der Waals surface area contributed by atoms with Gasteiger partial charge >= 0.3 is 0 Å². The first-order valence-electron chi connectivity index (χ1n) is 3.98. The van der Waals surface area contributed by atoms with Crippen LogP contribution in [0.2, 0.25) is 5.02 Å². The van der Waals surface area contributed by atoms with Gasteiger partial charge in [-0.25, -0.2) is 0 Å². The van der Waals surface area contributed by atoms with Gasteiger partial charge < -0.3 is 10.8 Å². The molecule has 0 aliphatic rings. The molecule has 0 aliphatic heterocycles. The van der Waals surface area contributed by atoms with Crippen LogP contribution in [-0.4, -0.2) is 23.5 Å². The van der Waals surface area contributed by atoms with E-state index in [1.165, 1.54) is 0 Å². The zero-order valence-electron chi connectivity index (χ0n) is 7.11. The van der Waals surface area contributed by atoms with E-state index in [1.807, 2.05) is 24.3 Å². The summed E-state index contributed by atoms with van der Waals surface area (Å²) >= 11 is 7.49. The second-order valence-electron chi connectivity index (χ2n) is 2.68. The molecule has 0 heterocycles. The van der Waals surface area contributed by atoms with E-state index in [-0.39, 0.29) is 12.6 Å². The molecule has 0 saturated heterocycles. The molecule has 13 heavy (non-hydrogen) atoms. The van der Waals surface area contributed by atoms with Crippen molar-refractivity contribution in [1.29, 1.82) is 0 Å². The molecular weight excluding hydrogens is 206 g/mol. The van der Waals surface area contributed by atoms with Crippen LogP contribution in [0.15, 0.2) is 29.2 Å². The molecule has 1 aromatic rings. The van der Waals surface area contributed by atoms with Crippen LogP contribution in [0, 0.1) is 0 Å². The fraction of sp³-hybridized carbons (Fsp3) is 0.333. The second kappa shape index (κ2) is 5.50. The van der Waals surface area contributed by atoms with Gasteiger partial charge in [0, 0.05) is 16.7 Å². The Morgan fingerprint density at radius 1 is 1.46 bits per heavy atom. The average Bonchev–Trinajstić information content (AvgIpc) is 2.16. The first-order valence-corrected chi connectivity index (χ1v) is 5.34. The highest BCUT2D eigenvalue weighted by molar-refractivity contribution is 7.99. The number of rotatable bonds is 4. The summed E-state index contributed by atoms with van der Waals surface area (Å²) < 4.78 is 0. The Kier molecular flexibility index (Phi) is 4.59. The van der Waals surface area contributed by atoms with Gasteiger partial charge in [-0.2, -0.15) is 0 Å². The van der Waals surface area contributed by atoms with E-state index >= 15 is 0 Å². The molecule has 1 atom stereocenters. The van der Waals surface area contributed by atoms with E-state index in [0.717, 1.165) is 9.92 Å². The molecule has 1 unspecified atom stereocenters. The number of hydrogen-bond acceptors (Lipinski definition) is 3. The van der Waals surface area contributed by atoms with Crippen molar-refractivity contribution in [2.24, 2.45) is 5.73 Å². The van der Waals surface area contributed by atoms with Crippen molar-refractivity contribution in [3.63, 3.8) is 0 Å². The fourth-order valence-electron chi connectivity index (χ4n) is 0.811. The molecule has 3 N–H and O–H groups in total. The summed E-state index contributed by atoms with van der Waals surface area (Å²) in [6.45, 7) is 0.0114. The van der Waals surface area contributed by atoms with Crippen molar-refractivity contribution < 1.29 is 5.11 Å². The van der Waals surface area contributed by atoms with Crippen LogP contribution in [0.1, 0.15) is 0 Å². The van der Waals surface area contributed by atoms with Crippen molar-refractivity contribution in [2.75, 3.05) is 12.4 Å². The van der Waals surface area contributed by atoms with Crippen molar-refractivity contribution >= 4 is 23.4 Å². The van der Waals surface area contributed by atoms with Crippen molar-refractivity contribution in [3.05, 3.63) is 29.3 Å². The van der Waals surface area contributed by atoms with Crippen LogP contribution in [0.3, 0.4) is 0 Å². The molecule has 1 aromatic carbocycles. The smallest absolute Gasteiger partial charge is 0.0590 e. The quantitative estimate of drug-likeness (QED) is 0.756. The van der Waals surface area contributed by atoms with Crippen molar-refractivity contribution in [3.8, 4) is 0 Å². The highest BCUT2D eigenvalue weighted by Crippen LogP contribution is 2.26.